The molecule has 3 rings (SSSR count). The summed E-state index contributed by atoms with van der Waals surface area (Å²) in [6.07, 6.45) is 1.08. The first-order valence-corrected chi connectivity index (χ1v) is 7.12. The summed E-state index contributed by atoms with van der Waals surface area (Å²) >= 11 is 0. The molecule has 25 heavy (non-hydrogen) atoms. The highest BCUT2D eigenvalue weighted by atomic mass is 16.6. The molecule has 0 saturated carbocycles. The number of hydrazine groups is 2. The van der Waals surface area contributed by atoms with Crippen molar-refractivity contribution in [2.24, 2.45) is 5.84 Å². The number of aromatic nitrogens is 2. The lowest BCUT2D eigenvalue weighted by Gasteiger charge is -2.10. The van der Waals surface area contributed by atoms with Gasteiger partial charge in [-0.2, -0.15) is 0 Å². The second-order valence-electron chi connectivity index (χ2n) is 4.93. The zero-order chi connectivity index (χ0) is 17.8. The number of nitro groups is 1. The minimum atomic E-state index is -0.707. The van der Waals surface area contributed by atoms with Crippen LogP contribution in [0, 0.1) is 10.1 Å². The van der Waals surface area contributed by atoms with E-state index in [-0.39, 0.29) is 11.6 Å². The number of rotatable bonds is 5. The van der Waals surface area contributed by atoms with Crippen molar-refractivity contribution < 1.29 is 9.72 Å². The molecule has 0 aliphatic carbocycles. The number of amides is 1. The number of nitrogens with one attached hydrogen (secondary N) is 3. The maximum Gasteiger partial charge on any atom is 0.356 e. The van der Waals surface area contributed by atoms with Crippen LogP contribution in [-0.2, 0) is 0 Å². The number of nitrogens with zero attached hydrogens (tertiary/aromatic N) is 3. The van der Waals surface area contributed by atoms with Gasteiger partial charge in [-0.25, -0.2) is 15.8 Å². The smallest absolute Gasteiger partial charge is 0.303 e. The van der Waals surface area contributed by atoms with Crippen LogP contribution < -0.4 is 22.1 Å². The fourth-order valence-corrected chi connectivity index (χ4v) is 2.36. The van der Waals surface area contributed by atoms with E-state index in [4.69, 9.17) is 5.84 Å². The van der Waals surface area contributed by atoms with Crippen molar-refractivity contribution in [1.29, 1.82) is 0 Å². The minimum absolute atomic E-state index is 0.179. The average Bonchev–Trinajstić information content (AvgIpc) is 2.65. The molecule has 1 amide bonds. The van der Waals surface area contributed by atoms with Crippen molar-refractivity contribution in [3.05, 3.63) is 64.5 Å². The molecular weight excluding hydrogens is 326 g/mol. The molecule has 1 heterocycles. The van der Waals surface area contributed by atoms with Gasteiger partial charge in [0, 0.05) is 5.56 Å². The molecule has 126 valence electrons. The largest absolute Gasteiger partial charge is 0.356 e. The number of nitrogen functional groups attached to an aromatic ring is 1. The fraction of sp³-hybridized carbons (Fsp3) is 0. The highest BCUT2D eigenvalue weighted by molar-refractivity contribution is 6.07. The third-order valence-electron chi connectivity index (χ3n) is 3.47. The maximum atomic E-state index is 12.4. The molecule has 0 bridgehead atoms. The van der Waals surface area contributed by atoms with Crippen LogP contribution in [-0.4, -0.2) is 20.8 Å². The number of hydrogen-bond acceptors (Lipinski definition) is 8. The van der Waals surface area contributed by atoms with Crippen LogP contribution >= 0.6 is 0 Å². The second kappa shape index (κ2) is 6.76. The molecule has 3 aromatic rings. The lowest BCUT2D eigenvalue weighted by Crippen LogP contribution is -2.30. The van der Waals surface area contributed by atoms with E-state index in [1.807, 2.05) is 30.3 Å². The first-order chi connectivity index (χ1) is 12.1. The van der Waals surface area contributed by atoms with E-state index in [0.29, 0.717) is 5.56 Å². The maximum absolute atomic E-state index is 12.4. The van der Waals surface area contributed by atoms with E-state index in [1.165, 1.54) is 0 Å². The molecule has 0 atom stereocenters. The lowest BCUT2D eigenvalue weighted by atomic mass is 10.0. The van der Waals surface area contributed by atoms with E-state index in [9.17, 15) is 14.9 Å². The van der Waals surface area contributed by atoms with E-state index < -0.39 is 16.5 Å². The molecule has 10 heteroatoms. The molecule has 2 aromatic carbocycles. The summed E-state index contributed by atoms with van der Waals surface area (Å²) in [5.41, 5.74) is 6.89. The summed E-state index contributed by atoms with van der Waals surface area (Å²) in [6.45, 7) is 0. The van der Waals surface area contributed by atoms with Crippen molar-refractivity contribution in [3.8, 4) is 0 Å². The van der Waals surface area contributed by atoms with Gasteiger partial charge in [0.2, 0.25) is 11.6 Å². The second-order valence-corrected chi connectivity index (χ2v) is 4.93. The Morgan fingerprint density at radius 3 is 2.56 bits per heavy atom. The third kappa shape index (κ3) is 3.14. The predicted octanol–water partition coefficient (Wildman–Crippen LogP) is 1.58. The van der Waals surface area contributed by atoms with Gasteiger partial charge in [0.05, 0.1) is 4.92 Å². The normalized spacial score (nSPS) is 10.3. The van der Waals surface area contributed by atoms with Gasteiger partial charge in [0.15, 0.2) is 0 Å². The van der Waals surface area contributed by atoms with E-state index in [2.05, 4.69) is 26.2 Å². The molecule has 0 spiro atoms. The summed E-state index contributed by atoms with van der Waals surface area (Å²) in [4.78, 5) is 30.3. The molecule has 0 radical (unpaired) electrons. The van der Waals surface area contributed by atoms with Crippen LogP contribution in [0.1, 0.15) is 10.4 Å². The molecule has 10 nitrogen and oxygen atoms in total. The summed E-state index contributed by atoms with van der Waals surface area (Å²) in [6, 6.07) is 12.7. The van der Waals surface area contributed by atoms with Crippen molar-refractivity contribution in [2.75, 3.05) is 10.9 Å². The number of nitrogens with two attached hydrogens (primary N) is 1. The Hall–Kier alpha value is -3.79. The lowest BCUT2D eigenvalue weighted by molar-refractivity contribution is -0.383. The van der Waals surface area contributed by atoms with Gasteiger partial charge < -0.3 is 5.43 Å². The SMILES string of the molecule is NNc1ncnc(NNC(=O)c2cccc3ccccc23)c1[N+](=O)[O-]. The third-order valence-corrected chi connectivity index (χ3v) is 3.47. The summed E-state index contributed by atoms with van der Waals surface area (Å²) in [7, 11) is 0. The molecule has 1 aromatic heterocycles. The number of carbonyl (C=O) groups excluding carboxylic acids is 1. The van der Waals surface area contributed by atoms with Crippen molar-refractivity contribution in [3.63, 3.8) is 0 Å². The van der Waals surface area contributed by atoms with E-state index in [1.54, 1.807) is 12.1 Å². The number of fused-ring (bicyclic) bond motifs is 1. The van der Waals surface area contributed by atoms with E-state index >= 15 is 0 Å². The van der Waals surface area contributed by atoms with Crippen LogP contribution in [0.3, 0.4) is 0 Å². The van der Waals surface area contributed by atoms with Crippen LogP contribution in [0.2, 0.25) is 0 Å². The first-order valence-electron chi connectivity index (χ1n) is 7.12. The summed E-state index contributed by atoms with van der Waals surface area (Å²) in [5, 5.41) is 12.8. The Morgan fingerprint density at radius 2 is 1.80 bits per heavy atom. The van der Waals surface area contributed by atoms with Crippen LogP contribution in [0.15, 0.2) is 48.8 Å². The molecule has 0 unspecified atom stereocenters. The quantitative estimate of drug-likeness (QED) is 0.311. The van der Waals surface area contributed by atoms with Crippen molar-refractivity contribution >= 4 is 34.0 Å². The fourth-order valence-electron chi connectivity index (χ4n) is 2.36. The average molecular weight is 339 g/mol. The van der Waals surface area contributed by atoms with Gasteiger partial charge in [0.25, 0.3) is 5.91 Å². The van der Waals surface area contributed by atoms with Crippen molar-refractivity contribution in [1.82, 2.24) is 15.4 Å². The predicted molar refractivity (Wildman–Crippen MR) is 91.5 cm³/mol. The Bertz CT molecular complexity index is 956. The first kappa shape index (κ1) is 16.1. The Labute approximate surface area is 141 Å². The van der Waals surface area contributed by atoms with Gasteiger partial charge in [-0.3, -0.25) is 25.8 Å². The molecule has 0 aliphatic rings. The van der Waals surface area contributed by atoms with Crippen LogP contribution in [0.5, 0.6) is 0 Å². The molecule has 0 fully saturated rings. The van der Waals surface area contributed by atoms with Gasteiger partial charge in [-0.1, -0.05) is 36.4 Å². The van der Waals surface area contributed by atoms with Crippen molar-refractivity contribution in [2.45, 2.75) is 0 Å². The summed E-state index contributed by atoms with van der Waals surface area (Å²) < 4.78 is 0. The zero-order valence-corrected chi connectivity index (χ0v) is 12.8. The zero-order valence-electron chi connectivity index (χ0n) is 12.8. The highest BCUT2D eigenvalue weighted by Crippen LogP contribution is 2.27. The molecule has 5 N–H and O–H groups in total. The highest BCUT2D eigenvalue weighted by Gasteiger charge is 2.23. The summed E-state index contributed by atoms with van der Waals surface area (Å²) in [5.74, 6) is 4.37. The number of benzene rings is 2. The number of carbonyl (C=O) groups is 1. The number of hydrogen-bond donors (Lipinski definition) is 4. The van der Waals surface area contributed by atoms with Crippen LogP contribution in [0.4, 0.5) is 17.3 Å². The van der Waals surface area contributed by atoms with Crippen LogP contribution in [0.25, 0.3) is 10.8 Å². The molecule has 0 aliphatic heterocycles. The number of anilines is 2. The van der Waals surface area contributed by atoms with E-state index in [0.717, 1.165) is 17.1 Å². The standard InChI is InChI=1S/C15H13N7O3/c16-19-13-12(22(24)25)14(18-8-17-13)20-21-15(23)11-7-3-5-9-4-1-2-6-10(9)11/h1-8H,16H2,(H,21,23)(H2,17,18,19,20). The van der Waals surface area contributed by atoms with Gasteiger partial charge in [-0.15, -0.1) is 0 Å². The molecular formula is C15H13N7O3. The van der Waals surface area contributed by atoms with Gasteiger partial charge in [-0.05, 0) is 16.8 Å². The van der Waals surface area contributed by atoms with Gasteiger partial charge >= 0.3 is 5.69 Å². The Kier molecular flexibility index (Phi) is 4.35. The minimum Gasteiger partial charge on any atom is -0.303 e. The Morgan fingerprint density at radius 1 is 1.08 bits per heavy atom. The van der Waals surface area contributed by atoms with Gasteiger partial charge in [0.1, 0.15) is 6.33 Å². The Balaban J connectivity index is 1.87. The molecule has 0 saturated heterocycles. The monoisotopic (exact) mass is 339 g/mol. The topological polar surface area (TPSA) is 148 Å².